The average Bonchev–Trinajstić information content (AvgIpc) is 2.65. The first-order chi connectivity index (χ1) is 12.1. The molecule has 1 N–H and O–H groups in total. The van der Waals surface area contributed by atoms with E-state index < -0.39 is 0 Å². The molecule has 0 saturated carbocycles. The fourth-order valence-electron chi connectivity index (χ4n) is 2.93. The number of anilines is 1. The van der Waals surface area contributed by atoms with E-state index >= 15 is 0 Å². The molecule has 25 heavy (non-hydrogen) atoms. The topological polar surface area (TPSA) is 29.1 Å². The summed E-state index contributed by atoms with van der Waals surface area (Å²) in [4.78, 5) is 12.7. The average molecular weight is 350 g/mol. The van der Waals surface area contributed by atoms with Crippen molar-refractivity contribution in [3.05, 3.63) is 101 Å². The number of halogens is 1. The number of benzene rings is 3. The Kier molecular flexibility index (Phi) is 5.52. The van der Waals surface area contributed by atoms with Crippen molar-refractivity contribution in [2.75, 3.05) is 5.32 Å². The summed E-state index contributed by atoms with van der Waals surface area (Å²) >= 11 is 6.14. The highest BCUT2D eigenvalue weighted by molar-refractivity contribution is 6.31. The van der Waals surface area contributed by atoms with E-state index in [1.54, 1.807) is 0 Å². The van der Waals surface area contributed by atoms with Crippen LogP contribution in [0.25, 0.3) is 0 Å². The third-order valence-corrected chi connectivity index (χ3v) is 4.74. The van der Waals surface area contributed by atoms with Crippen LogP contribution in [0.15, 0.2) is 78.9 Å². The van der Waals surface area contributed by atoms with E-state index in [2.05, 4.69) is 29.6 Å². The third-order valence-electron chi connectivity index (χ3n) is 4.34. The molecule has 3 aromatic carbocycles. The van der Waals surface area contributed by atoms with E-state index in [4.69, 9.17) is 11.6 Å². The first-order valence-corrected chi connectivity index (χ1v) is 8.68. The Bertz CT molecular complexity index is 807. The predicted octanol–water partition coefficient (Wildman–Crippen LogP) is 5.81. The number of carbonyl (C=O) groups is 1. The van der Waals surface area contributed by atoms with Crippen LogP contribution in [0.3, 0.4) is 0 Å². The summed E-state index contributed by atoms with van der Waals surface area (Å²) < 4.78 is 0. The van der Waals surface area contributed by atoms with Crippen molar-refractivity contribution >= 4 is 23.2 Å². The van der Waals surface area contributed by atoms with E-state index in [0.717, 1.165) is 22.4 Å². The van der Waals surface area contributed by atoms with Crippen LogP contribution in [0, 0.1) is 6.92 Å². The normalized spacial score (nSPS) is 10.7. The Labute approximate surface area is 153 Å². The van der Waals surface area contributed by atoms with Crippen LogP contribution in [0.2, 0.25) is 5.02 Å². The van der Waals surface area contributed by atoms with Crippen molar-refractivity contribution in [1.29, 1.82) is 0 Å². The van der Waals surface area contributed by atoms with Crippen molar-refractivity contribution in [1.82, 2.24) is 0 Å². The highest BCUT2D eigenvalue weighted by Gasteiger charge is 2.18. The predicted molar refractivity (Wildman–Crippen MR) is 104 cm³/mol. The molecule has 0 aliphatic heterocycles. The molecule has 0 heterocycles. The van der Waals surface area contributed by atoms with Crippen molar-refractivity contribution in [2.45, 2.75) is 19.3 Å². The minimum atomic E-state index is -0.0249. The molecule has 2 nitrogen and oxygen atoms in total. The maximum Gasteiger partial charge on any atom is 0.225 e. The van der Waals surface area contributed by atoms with Gasteiger partial charge < -0.3 is 5.32 Å². The number of hydrogen-bond acceptors (Lipinski definition) is 1. The summed E-state index contributed by atoms with van der Waals surface area (Å²) in [6.45, 7) is 1.91. The second-order valence-corrected chi connectivity index (χ2v) is 6.45. The Morgan fingerprint density at radius 3 is 2.00 bits per heavy atom. The Hall–Kier alpha value is -2.58. The van der Waals surface area contributed by atoms with Crippen molar-refractivity contribution < 1.29 is 4.79 Å². The molecule has 1 amide bonds. The van der Waals surface area contributed by atoms with E-state index in [0.29, 0.717) is 11.4 Å². The van der Waals surface area contributed by atoms with Crippen LogP contribution >= 0.6 is 11.6 Å². The fourth-order valence-corrected chi connectivity index (χ4v) is 3.10. The van der Waals surface area contributed by atoms with E-state index in [-0.39, 0.29) is 11.8 Å². The van der Waals surface area contributed by atoms with Gasteiger partial charge in [-0.25, -0.2) is 0 Å². The second-order valence-electron chi connectivity index (χ2n) is 6.04. The van der Waals surface area contributed by atoms with Gasteiger partial charge in [0.15, 0.2) is 0 Å². The summed E-state index contributed by atoms with van der Waals surface area (Å²) in [6, 6.07) is 25.8. The van der Waals surface area contributed by atoms with Crippen LogP contribution in [0.4, 0.5) is 5.69 Å². The molecule has 0 radical (unpaired) electrons. The molecule has 0 saturated heterocycles. The molecule has 3 aromatic rings. The molecule has 126 valence electrons. The minimum absolute atomic E-state index is 0.0156. The van der Waals surface area contributed by atoms with Crippen molar-refractivity contribution in [3.63, 3.8) is 0 Å². The Morgan fingerprint density at radius 2 is 1.44 bits per heavy atom. The first kappa shape index (κ1) is 17.2. The van der Waals surface area contributed by atoms with Gasteiger partial charge in [-0.15, -0.1) is 0 Å². The highest BCUT2D eigenvalue weighted by atomic mass is 35.5. The van der Waals surface area contributed by atoms with Crippen LogP contribution in [0.5, 0.6) is 0 Å². The zero-order valence-corrected chi connectivity index (χ0v) is 14.8. The monoisotopic (exact) mass is 349 g/mol. The third kappa shape index (κ3) is 4.28. The van der Waals surface area contributed by atoms with Gasteiger partial charge in [0.2, 0.25) is 5.91 Å². The number of carbonyl (C=O) groups excluding carboxylic acids is 1. The molecule has 0 aromatic heterocycles. The largest absolute Gasteiger partial charge is 0.326 e. The molecule has 0 unspecified atom stereocenters. The van der Waals surface area contributed by atoms with Crippen LogP contribution in [-0.4, -0.2) is 5.91 Å². The molecule has 3 rings (SSSR count). The van der Waals surface area contributed by atoms with Gasteiger partial charge in [0.05, 0.1) is 0 Å². The molecule has 0 aliphatic rings. The van der Waals surface area contributed by atoms with E-state index in [1.165, 1.54) is 0 Å². The minimum Gasteiger partial charge on any atom is -0.326 e. The molecule has 0 fully saturated rings. The zero-order valence-electron chi connectivity index (χ0n) is 14.1. The maximum absolute atomic E-state index is 12.7. The Balaban J connectivity index is 1.83. The lowest BCUT2D eigenvalue weighted by Gasteiger charge is -2.18. The van der Waals surface area contributed by atoms with Gasteiger partial charge in [0.1, 0.15) is 0 Å². The summed E-state index contributed by atoms with van der Waals surface area (Å²) in [5.74, 6) is -0.00929. The van der Waals surface area contributed by atoms with Gasteiger partial charge in [0.25, 0.3) is 0 Å². The standard InChI is InChI=1S/C22H20ClNO/c1-16-20(23)13-8-14-21(16)24-22(25)15-19(17-9-4-2-5-10-17)18-11-6-3-7-12-18/h2-14,19H,15H2,1H3,(H,24,25). The van der Waals surface area contributed by atoms with Gasteiger partial charge in [0, 0.05) is 23.0 Å². The van der Waals surface area contributed by atoms with Crippen molar-refractivity contribution in [2.24, 2.45) is 0 Å². The quantitative estimate of drug-likeness (QED) is 0.618. The first-order valence-electron chi connectivity index (χ1n) is 8.30. The van der Waals surface area contributed by atoms with E-state index in [1.807, 2.05) is 61.5 Å². The van der Waals surface area contributed by atoms with E-state index in [9.17, 15) is 4.79 Å². The maximum atomic E-state index is 12.7. The summed E-state index contributed by atoms with van der Waals surface area (Å²) in [7, 11) is 0. The zero-order chi connectivity index (χ0) is 17.6. The lowest BCUT2D eigenvalue weighted by atomic mass is 9.88. The second kappa shape index (κ2) is 8.00. The summed E-state index contributed by atoms with van der Waals surface area (Å²) in [5.41, 5.74) is 3.91. The van der Waals surface area contributed by atoms with Gasteiger partial charge in [-0.1, -0.05) is 78.3 Å². The SMILES string of the molecule is Cc1c(Cl)cccc1NC(=O)CC(c1ccccc1)c1ccccc1. The molecular weight excluding hydrogens is 330 g/mol. The number of rotatable bonds is 5. The molecule has 0 atom stereocenters. The van der Waals surface area contributed by atoms with Crippen LogP contribution < -0.4 is 5.32 Å². The van der Waals surface area contributed by atoms with Crippen molar-refractivity contribution in [3.8, 4) is 0 Å². The number of amides is 1. The molecule has 3 heteroatoms. The lowest BCUT2D eigenvalue weighted by molar-refractivity contribution is -0.116. The van der Waals surface area contributed by atoms with Crippen LogP contribution in [-0.2, 0) is 4.79 Å². The Morgan fingerprint density at radius 1 is 0.880 bits per heavy atom. The molecule has 0 aliphatic carbocycles. The highest BCUT2D eigenvalue weighted by Crippen LogP contribution is 2.29. The number of nitrogens with one attached hydrogen (secondary N) is 1. The van der Waals surface area contributed by atoms with Gasteiger partial charge >= 0.3 is 0 Å². The fraction of sp³-hybridized carbons (Fsp3) is 0.136. The van der Waals surface area contributed by atoms with Gasteiger partial charge in [-0.2, -0.15) is 0 Å². The molecule has 0 bridgehead atoms. The van der Waals surface area contributed by atoms with Gasteiger partial charge in [-0.05, 0) is 35.7 Å². The smallest absolute Gasteiger partial charge is 0.225 e. The van der Waals surface area contributed by atoms with Gasteiger partial charge in [-0.3, -0.25) is 4.79 Å². The molecular formula is C22H20ClNO. The van der Waals surface area contributed by atoms with Crippen LogP contribution in [0.1, 0.15) is 29.0 Å². The number of hydrogen-bond donors (Lipinski definition) is 1. The summed E-state index contributed by atoms with van der Waals surface area (Å²) in [5, 5.41) is 3.65. The molecule has 0 spiro atoms. The lowest BCUT2D eigenvalue weighted by Crippen LogP contribution is -2.17. The summed E-state index contributed by atoms with van der Waals surface area (Å²) in [6.07, 6.45) is 0.375.